The average molecular weight is 371 g/mol. The van der Waals surface area contributed by atoms with Crippen molar-refractivity contribution in [2.45, 2.75) is 19.8 Å². The molecule has 1 aromatic carbocycles. The van der Waals surface area contributed by atoms with Crippen molar-refractivity contribution in [2.24, 2.45) is 13.0 Å². The van der Waals surface area contributed by atoms with E-state index < -0.39 is 0 Å². The van der Waals surface area contributed by atoms with Crippen molar-refractivity contribution in [1.82, 2.24) is 14.7 Å². The fourth-order valence-electron chi connectivity index (χ4n) is 3.43. The summed E-state index contributed by atoms with van der Waals surface area (Å²) in [4.78, 5) is 26.8. The number of hydrogen-bond acceptors (Lipinski definition) is 5. The van der Waals surface area contributed by atoms with Crippen LogP contribution in [0.4, 0.5) is 0 Å². The van der Waals surface area contributed by atoms with E-state index in [2.05, 4.69) is 5.10 Å². The lowest BCUT2D eigenvalue weighted by atomic mass is 9.98. The van der Waals surface area contributed by atoms with Crippen LogP contribution in [0.2, 0.25) is 0 Å². The van der Waals surface area contributed by atoms with Gasteiger partial charge in [-0.3, -0.25) is 14.3 Å². The molecule has 1 saturated heterocycles. The van der Waals surface area contributed by atoms with Gasteiger partial charge >= 0.3 is 5.97 Å². The summed E-state index contributed by atoms with van der Waals surface area (Å²) in [5, 5.41) is 4.49. The number of carbonyl (C=O) groups excluding carboxylic acids is 2. The van der Waals surface area contributed by atoms with Gasteiger partial charge in [0, 0.05) is 25.7 Å². The third-order valence-corrected chi connectivity index (χ3v) is 4.81. The van der Waals surface area contributed by atoms with Crippen molar-refractivity contribution in [3.8, 4) is 17.0 Å². The van der Waals surface area contributed by atoms with E-state index in [0.29, 0.717) is 36.8 Å². The molecule has 2 aromatic rings. The van der Waals surface area contributed by atoms with E-state index in [0.717, 1.165) is 18.4 Å². The van der Waals surface area contributed by atoms with E-state index in [1.807, 2.05) is 24.3 Å². The van der Waals surface area contributed by atoms with Crippen molar-refractivity contribution in [3.05, 3.63) is 36.0 Å². The lowest BCUT2D eigenvalue weighted by molar-refractivity contribution is -0.149. The van der Waals surface area contributed by atoms with Crippen LogP contribution in [-0.4, -0.2) is 53.4 Å². The molecule has 1 aromatic heterocycles. The van der Waals surface area contributed by atoms with Gasteiger partial charge in [-0.05, 0) is 38.0 Å². The zero-order valence-corrected chi connectivity index (χ0v) is 16.0. The van der Waals surface area contributed by atoms with E-state index in [9.17, 15) is 9.59 Å². The summed E-state index contributed by atoms with van der Waals surface area (Å²) >= 11 is 0. The zero-order chi connectivity index (χ0) is 19.4. The van der Waals surface area contributed by atoms with Crippen molar-refractivity contribution in [2.75, 3.05) is 26.8 Å². The number of amides is 1. The number of esters is 1. The van der Waals surface area contributed by atoms with Crippen LogP contribution in [0.25, 0.3) is 11.3 Å². The number of aryl methyl sites for hydroxylation is 1. The predicted octanol–water partition coefficient (Wildman–Crippen LogP) is 2.51. The average Bonchev–Trinajstić information content (AvgIpc) is 3.09. The minimum atomic E-state index is -0.260. The Morgan fingerprint density at radius 3 is 2.81 bits per heavy atom. The van der Waals surface area contributed by atoms with Gasteiger partial charge in [-0.1, -0.05) is 12.1 Å². The molecule has 0 radical (unpaired) electrons. The summed E-state index contributed by atoms with van der Waals surface area (Å²) < 4.78 is 12.1. The SMILES string of the molecule is CCOC(=O)[C@@H]1CCCN(C(=O)c2cc(-c3ccccc3OC)nn2C)C1. The molecule has 2 heterocycles. The second kappa shape index (κ2) is 8.24. The minimum Gasteiger partial charge on any atom is -0.496 e. The van der Waals surface area contributed by atoms with E-state index in [-0.39, 0.29) is 17.8 Å². The molecule has 1 aliphatic heterocycles. The molecule has 0 unspecified atom stereocenters. The first kappa shape index (κ1) is 18.9. The molecule has 0 aliphatic carbocycles. The molecule has 144 valence electrons. The number of methoxy groups -OCH3 is 1. The third kappa shape index (κ3) is 3.97. The third-order valence-electron chi connectivity index (χ3n) is 4.81. The zero-order valence-electron chi connectivity index (χ0n) is 16.0. The van der Waals surface area contributed by atoms with Crippen LogP contribution in [0.3, 0.4) is 0 Å². The van der Waals surface area contributed by atoms with E-state index in [1.165, 1.54) is 0 Å². The van der Waals surface area contributed by atoms with E-state index in [1.54, 1.807) is 36.7 Å². The Balaban J connectivity index is 1.81. The Labute approximate surface area is 158 Å². The van der Waals surface area contributed by atoms with Crippen LogP contribution in [0, 0.1) is 5.92 Å². The predicted molar refractivity (Wildman–Crippen MR) is 100 cm³/mol. The smallest absolute Gasteiger partial charge is 0.310 e. The highest BCUT2D eigenvalue weighted by atomic mass is 16.5. The van der Waals surface area contributed by atoms with Gasteiger partial charge in [-0.2, -0.15) is 5.10 Å². The second-order valence-corrected chi connectivity index (χ2v) is 6.58. The number of para-hydroxylation sites is 1. The number of benzene rings is 1. The molecule has 3 rings (SSSR count). The molecule has 1 amide bonds. The van der Waals surface area contributed by atoms with Crippen molar-refractivity contribution < 1.29 is 19.1 Å². The Morgan fingerprint density at radius 2 is 2.07 bits per heavy atom. The van der Waals surface area contributed by atoms with Crippen molar-refractivity contribution in [3.63, 3.8) is 0 Å². The molecule has 1 aliphatic rings. The summed E-state index contributed by atoms with van der Waals surface area (Å²) in [6, 6.07) is 9.34. The highest BCUT2D eigenvalue weighted by Crippen LogP contribution is 2.29. The molecule has 7 nitrogen and oxygen atoms in total. The number of likely N-dealkylation sites (tertiary alicyclic amines) is 1. The summed E-state index contributed by atoms with van der Waals surface area (Å²) in [6.45, 7) is 3.16. The van der Waals surface area contributed by atoms with Gasteiger partial charge in [-0.15, -0.1) is 0 Å². The first-order chi connectivity index (χ1) is 13.0. The minimum absolute atomic E-state index is 0.125. The van der Waals surface area contributed by atoms with Gasteiger partial charge in [0.05, 0.1) is 25.3 Å². The number of rotatable bonds is 5. The fourth-order valence-corrected chi connectivity index (χ4v) is 3.43. The molecule has 0 saturated carbocycles. The van der Waals surface area contributed by atoms with Crippen LogP contribution in [0.5, 0.6) is 5.75 Å². The molecule has 1 fully saturated rings. The topological polar surface area (TPSA) is 73.7 Å². The van der Waals surface area contributed by atoms with Gasteiger partial charge in [0.1, 0.15) is 11.4 Å². The molecular formula is C20H25N3O4. The number of carbonyl (C=O) groups is 2. The van der Waals surface area contributed by atoms with Gasteiger partial charge in [0.15, 0.2) is 0 Å². The standard InChI is InChI=1S/C20H25N3O4/c1-4-27-20(25)14-8-7-11-23(13-14)19(24)17-12-16(21-22(17)2)15-9-5-6-10-18(15)26-3/h5-6,9-10,12,14H,4,7-8,11,13H2,1-3H3/t14-/m1/s1. The summed E-state index contributed by atoms with van der Waals surface area (Å²) in [5.74, 6) is 0.0920. The Hall–Kier alpha value is -2.83. The first-order valence-corrected chi connectivity index (χ1v) is 9.18. The Bertz CT molecular complexity index is 830. The summed E-state index contributed by atoms with van der Waals surface area (Å²) in [6.07, 6.45) is 1.53. The van der Waals surface area contributed by atoms with Crippen LogP contribution in [0.15, 0.2) is 30.3 Å². The van der Waals surface area contributed by atoms with Crippen molar-refractivity contribution in [1.29, 1.82) is 0 Å². The lowest BCUT2D eigenvalue weighted by Gasteiger charge is -2.31. The second-order valence-electron chi connectivity index (χ2n) is 6.58. The molecule has 0 N–H and O–H groups in total. The van der Waals surface area contributed by atoms with E-state index >= 15 is 0 Å². The molecular weight excluding hydrogens is 346 g/mol. The largest absolute Gasteiger partial charge is 0.496 e. The monoisotopic (exact) mass is 371 g/mol. The lowest BCUT2D eigenvalue weighted by Crippen LogP contribution is -2.43. The molecule has 7 heteroatoms. The Kier molecular flexibility index (Phi) is 5.78. The van der Waals surface area contributed by atoms with Gasteiger partial charge in [0.2, 0.25) is 0 Å². The molecule has 0 spiro atoms. The van der Waals surface area contributed by atoms with Crippen LogP contribution >= 0.6 is 0 Å². The fraction of sp³-hybridized carbons (Fsp3) is 0.450. The van der Waals surface area contributed by atoms with Crippen LogP contribution in [0.1, 0.15) is 30.3 Å². The van der Waals surface area contributed by atoms with Crippen LogP contribution < -0.4 is 4.74 Å². The highest BCUT2D eigenvalue weighted by Gasteiger charge is 2.31. The number of ether oxygens (including phenoxy) is 2. The highest BCUT2D eigenvalue weighted by molar-refractivity contribution is 5.94. The van der Waals surface area contributed by atoms with Gasteiger partial charge in [0.25, 0.3) is 5.91 Å². The maximum Gasteiger partial charge on any atom is 0.310 e. The normalized spacial score (nSPS) is 16.9. The number of aromatic nitrogens is 2. The van der Waals surface area contributed by atoms with Crippen LogP contribution in [-0.2, 0) is 16.6 Å². The van der Waals surface area contributed by atoms with Gasteiger partial charge < -0.3 is 14.4 Å². The molecule has 27 heavy (non-hydrogen) atoms. The summed E-state index contributed by atoms with van der Waals surface area (Å²) in [7, 11) is 3.36. The maximum absolute atomic E-state index is 13.0. The number of hydrogen-bond donors (Lipinski definition) is 0. The first-order valence-electron chi connectivity index (χ1n) is 9.18. The number of nitrogens with zero attached hydrogens (tertiary/aromatic N) is 3. The van der Waals surface area contributed by atoms with E-state index in [4.69, 9.17) is 9.47 Å². The van der Waals surface area contributed by atoms with Crippen molar-refractivity contribution >= 4 is 11.9 Å². The molecule has 0 bridgehead atoms. The maximum atomic E-state index is 13.0. The number of piperidine rings is 1. The quantitative estimate of drug-likeness (QED) is 0.755. The molecule has 1 atom stereocenters. The Morgan fingerprint density at radius 1 is 1.30 bits per heavy atom. The summed E-state index contributed by atoms with van der Waals surface area (Å²) in [5.41, 5.74) is 2.00. The van der Waals surface area contributed by atoms with Gasteiger partial charge in [-0.25, -0.2) is 0 Å².